The van der Waals surface area contributed by atoms with Gasteiger partial charge in [0.25, 0.3) is 21.8 Å². The summed E-state index contributed by atoms with van der Waals surface area (Å²) < 4.78 is 38.4. The van der Waals surface area contributed by atoms with Crippen LogP contribution >= 0.6 is 11.6 Å². The van der Waals surface area contributed by atoms with Gasteiger partial charge < -0.3 is 19.8 Å². The lowest BCUT2D eigenvalue weighted by Crippen LogP contribution is -2.34. The Hall–Kier alpha value is -3.50. The van der Waals surface area contributed by atoms with Gasteiger partial charge in [-0.05, 0) is 61.5 Å². The maximum Gasteiger partial charge on any atom is 0.287 e. The molecule has 0 bridgehead atoms. The molecule has 0 saturated carbocycles. The average Bonchev–Trinajstić information content (AvgIpc) is 3.33. The van der Waals surface area contributed by atoms with Crippen molar-refractivity contribution < 1.29 is 27.2 Å². The Morgan fingerprint density at radius 2 is 1.70 bits per heavy atom. The summed E-state index contributed by atoms with van der Waals surface area (Å²) in [5.74, 6) is -0.155. The van der Waals surface area contributed by atoms with E-state index in [1.54, 1.807) is 30.3 Å². The van der Waals surface area contributed by atoms with E-state index in [0.717, 1.165) is 0 Å². The second-order valence-corrected chi connectivity index (χ2v) is 8.76. The predicted molar refractivity (Wildman–Crippen MR) is 123 cm³/mol. The van der Waals surface area contributed by atoms with Crippen molar-refractivity contribution in [3.8, 4) is 5.75 Å². The van der Waals surface area contributed by atoms with E-state index in [0.29, 0.717) is 18.0 Å². The van der Waals surface area contributed by atoms with Gasteiger partial charge >= 0.3 is 0 Å². The van der Waals surface area contributed by atoms with Crippen LogP contribution in [0.25, 0.3) is 0 Å². The second-order valence-electron chi connectivity index (χ2n) is 6.70. The molecule has 1 heterocycles. The molecule has 2 amide bonds. The number of anilines is 1. The van der Waals surface area contributed by atoms with Crippen LogP contribution in [0.5, 0.6) is 5.75 Å². The maximum atomic E-state index is 12.8. The third kappa shape index (κ3) is 6.50. The van der Waals surface area contributed by atoms with Gasteiger partial charge in [-0.3, -0.25) is 14.3 Å². The van der Waals surface area contributed by atoms with Crippen LogP contribution in [0, 0.1) is 0 Å². The Bertz CT molecular complexity index is 1210. The minimum Gasteiger partial charge on any atom is -0.494 e. The summed E-state index contributed by atoms with van der Waals surface area (Å²) in [4.78, 5) is 24.0. The fraction of sp³-hybridized carbons (Fsp3) is 0.182. The molecule has 0 aliphatic rings. The molecule has 3 rings (SSSR count). The standard InChI is InChI=1S/C22H22ClN3O6S/c1-2-31-17-8-6-16(7-9-17)26-33(29,30)20-14-15(5-10-18(20)23)21(27)24-11-12-25-22(28)19-4-3-13-32-19/h3-10,13-14,26H,2,11-12H2,1H3,(H,24,27)(H,25,28). The summed E-state index contributed by atoms with van der Waals surface area (Å²) in [5, 5.41) is 5.17. The van der Waals surface area contributed by atoms with Crippen molar-refractivity contribution in [2.24, 2.45) is 0 Å². The van der Waals surface area contributed by atoms with Gasteiger partial charge in [0, 0.05) is 24.3 Å². The lowest BCUT2D eigenvalue weighted by Gasteiger charge is -2.12. The van der Waals surface area contributed by atoms with Crippen LogP contribution < -0.4 is 20.1 Å². The molecule has 0 aliphatic carbocycles. The molecule has 0 spiro atoms. The fourth-order valence-electron chi connectivity index (χ4n) is 2.80. The first kappa shape index (κ1) is 24.1. The van der Waals surface area contributed by atoms with Crippen molar-refractivity contribution in [2.45, 2.75) is 11.8 Å². The van der Waals surface area contributed by atoms with Gasteiger partial charge in [-0.2, -0.15) is 0 Å². The van der Waals surface area contributed by atoms with Crippen LogP contribution in [0.4, 0.5) is 5.69 Å². The first-order chi connectivity index (χ1) is 15.8. The third-order valence-corrected chi connectivity index (χ3v) is 6.20. The molecule has 0 fully saturated rings. The largest absolute Gasteiger partial charge is 0.494 e. The lowest BCUT2D eigenvalue weighted by atomic mass is 10.2. The zero-order valence-electron chi connectivity index (χ0n) is 17.6. The number of carbonyl (C=O) groups excluding carboxylic acids is 2. The van der Waals surface area contributed by atoms with Crippen LogP contribution in [0.3, 0.4) is 0 Å². The van der Waals surface area contributed by atoms with Crippen LogP contribution in [-0.2, 0) is 10.0 Å². The van der Waals surface area contributed by atoms with Crippen molar-refractivity contribution in [1.82, 2.24) is 10.6 Å². The van der Waals surface area contributed by atoms with E-state index in [2.05, 4.69) is 15.4 Å². The summed E-state index contributed by atoms with van der Waals surface area (Å²) >= 11 is 6.10. The normalized spacial score (nSPS) is 11.0. The predicted octanol–water partition coefficient (Wildman–Crippen LogP) is 3.29. The molecule has 9 nitrogen and oxygen atoms in total. The summed E-state index contributed by atoms with van der Waals surface area (Å²) in [6, 6.07) is 13.4. The molecular weight excluding hydrogens is 470 g/mol. The lowest BCUT2D eigenvalue weighted by molar-refractivity contribution is 0.0910. The number of hydrogen-bond acceptors (Lipinski definition) is 6. The second kappa shape index (κ2) is 10.9. The zero-order chi connectivity index (χ0) is 23.8. The molecular formula is C22H22ClN3O6S. The van der Waals surface area contributed by atoms with Crippen LogP contribution in [0.1, 0.15) is 27.8 Å². The highest BCUT2D eigenvalue weighted by Gasteiger charge is 2.20. The van der Waals surface area contributed by atoms with Crippen LogP contribution in [-0.4, -0.2) is 39.9 Å². The molecule has 11 heteroatoms. The maximum absolute atomic E-state index is 12.8. The number of nitrogens with one attached hydrogen (secondary N) is 3. The number of benzene rings is 2. The number of halogens is 1. The number of rotatable bonds is 10. The fourth-order valence-corrected chi connectivity index (χ4v) is 4.38. The molecule has 3 N–H and O–H groups in total. The Labute approximate surface area is 196 Å². The SMILES string of the molecule is CCOc1ccc(NS(=O)(=O)c2cc(C(=O)NCCNC(=O)c3ccco3)ccc2Cl)cc1. The Kier molecular flexibility index (Phi) is 7.96. The topological polar surface area (TPSA) is 127 Å². The number of furan rings is 1. The van der Waals surface area contributed by atoms with Gasteiger partial charge in [-0.15, -0.1) is 0 Å². The summed E-state index contributed by atoms with van der Waals surface area (Å²) in [6.07, 6.45) is 1.38. The van der Waals surface area contributed by atoms with E-state index in [1.807, 2.05) is 6.92 Å². The summed E-state index contributed by atoms with van der Waals surface area (Å²) in [6.45, 7) is 2.62. The van der Waals surface area contributed by atoms with Crippen molar-refractivity contribution in [3.05, 3.63) is 77.2 Å². The highest BCUT2D eigenvalue weighted by Crippen LogP contribution is 2.26. The minimum atomic E-state index is -4.06. The number of hydrogen-bond donors (Lipinski definition) is 3. The number of ether oxygens (including phenoxy) is 1. The molecule has 33 heavy (non-hydrogen) atoms. The molecule has 174 valence electrons. The average molecular weight is 492 g/mol. The van der Waals surface area contributed by atoms with E-state index < -0.39 is 21.8 Å². The third-order valence-electron chi connectivity index (χ3n) is 4.34. The molecule has 0 unspecified atom stereocenters. The molecule has 2 aromatic carbocycles. The number of amides is 2. The van der Waals surface area contributed by atoms with E-state index in [-0.39, 0.29) is 34.3 Å². The smallest absolute Gasteiger partial charge is 0.287 e. The molecule has 0 saturated heterocycles. The Balaban J connectivity index is 1.62. The monoisotopic (exact) mass is 491 g/mol. The van der Waals surface area contributed by atoms with E-state index in [1.165, 1.54) is 30.5 Å². The van der Waals surface area contributed by atoms with Crippen molar-refractivity contribution in [3.63, 3.8) is 0 Å². The van der Waals surface area contributed by atoms with Gasteiger partial charge in [0.2, 0.25) is 0 Å². The Morgan fingerprint density at radius 3 is 2.33 bits per heavy atom. The molecule has 3 aromatic rings. The first-order valence-electron chi connectivity index (χ1n) is 9.95. The van der Waals surface area contributed by atoms with Crippen LogP contribution in [0.2, 0.25) is 5.02 Å². The molecule has 0 atom stereocenters. The molecule has 1 aromatic heterocycles. The first-order valence-corrected chi connectivity index (χ1v) is 11.8. The number of carbonyl (C=O) groups is 2. The molecule has 0 radical (unpaired) electrons. The highest BCUT2D eigenvalue weighted by atomic mass is 35.5. The minimum absolute atomic E-state index is 0.0318. The van der Waals surface area contributed by atoms with Crippen molar-refractivity contribution in [2.75, 3.05) is 24.4 Å². The van der Waals surface area contributed by atoms with Gasteiger partial charge in [-0.25, -0.2) is 8.42 Å². The van der Waals surface area contributed by atoms with E-state index in [9.17, 15) is 18.0 Å². The van der Waals surface area contributed by atoms with Crippen molar-refractivity contribution in [1.29, 1.82) is 0 Å². The van der Waals surface area contributed by atoms with Gasteiger partial charge in [-0.1, -0.05) is 11.6 Å². The molecule has 0 aliphatic heterocycles. The van der Waals surface area contributed by atoms with Gasteiger partial charge in [0.15, 0.2) is 5.76 Å². The van der Waals surface area contributed by atoms with Crippen LogP contribution in [0.15, 0.2) is 70.2 Å². The van der Waals surface area contributed by atoms with Gasteiger partial charge in [0.1, 0.15) is 10.6 Å². The van der Waals surface area contributed by atoms with Crippen molar-refractivity contribution >= 4 is 39.1 Å². The highest BCUT2D eigenvalue weighted by molar-refractivity contribution is 7.92. The summed E-state index contributed by atoms with van der Waals surface area (Å²) in [7, 11) is -4.06. The van der Waals surface area contributed by atoms with E-state index >= 15 is 0 Å². The van der Waals surface area contributed by atoms with E-state index in [4.69, 9.17) is 20.8 Å². The summed E-state index contributed by atoms with van der Waals surface area (Å²) in [5.41, 5.74) is 0.417. The Morgan fingerprint density at radius 1 is 1.00 bits per heavy atom. The van der Waals surface area contributed by atoms with Gasteiger partial charge in [0.05, 0.1) is 17.9 Å². The number of sulfonamides is 1. The zero-order valence-corrected chi connectivity index (χ0v) is 19.2. The quantitative estimate of drug-likeness (QED) is 0.373.